The van der Waals surface area contributed by atoms with Gasteiger partial charge in [-0.3, -0.25) is 4.79 Å². The van der Waals surface area contributed by atoms with Crippen molar-refractivity contribution < 1.29 is 19.4 Å². The molecule has 0 saturated carbocycles. The third-order valence-corrected chi connectivity index (χ3v) is 2.48. The summed E-state index contributed by atoms with van der Waals surface area (Å²) in [5.74, 6) is 3.05. The zero-order chi connectivity index (χ0) is 14.3. The summed E-state index contributed by atoms with van der Waals surface area (Å²) >= 11 is 0. The Kier molecular flexibility index (Phi) is 5.71. The highest BCUT2D eigenvalue weighted by Gasteiger charge is 2.15. The monoisotopic (exact) mass is 263 g/mol. The van der Waals surface area contributed by atoms with Gasteiger partial charge in [0.25, 0.3) is 5.91 Å². The van der Waals surface area contributed by atoms with Crippen LogP contribution in [0.1, 0.15) is 12.5 Å². The Bertz CT molecular complexity index is 479. The van der Waals surface area contributed by atoms with E-state index in [1.807, 2.05) is 0 Å². The lowest BCUT2D eigenvalue weighted by molar-refractivity contribution is -0.127. The van der Waals surface area contributed by atoms with Gasteiger partial charge in [-0.05, 0) is 25.1 Å². The average Bonchev–Trinajstić information content (AvgIpc) is 2.44. The lowest BCUT2D eigenvalue weighted by atomic mass is 10.2. The second-order valence-electron chi connectivity index (χ2n) is 3.81. The normalized spacial score (nSPS) is 11.3. The number of hydrogen-bond donors (Lipinski definition) is 2. The fourth-order valence-electron chi connectivity index (χ4n) is 1.45. The van der Waals surface area contributed by atoms with Gasteiger partial charge in [0.2, 0.25) is 0 Å². The third-order valence-electron chi connectivity index (χ3n) is 2.48. The van der Waals surface area contributed by atoms with Crippen molar-refractivity contribution in [3.63, 3.8) is 0 Å². The van der Waals surface area contributed by atoms with E-state index in [-0.39, 0.29) is 19.1 Å². The molecule has 0 bridgehead atoms. The van der Waals surface area contributed by atoms with Gasteiger partial charge in [0.1, 0.15) is 11.5 Å². The molecule has 0 aliphatic heterocycles. The molecule has 0 aromatic heterocycles. The number of ether oxygens (including phenoxy) is 2. The number of benzene rings is 1. The van der Waals surface area contributed by atoms with Crippen LogP contribution in [0.3, 0.4) is 0 Å². The van der Waals surface area contributed by atoms with Crippen molar-refractivity contribution in [2.45, 2.75) is 19.6 Å². The first-order valence-electron chi connectivity index (χ1n) is 5.78. The van der Waals surface area contributed by atoms with Crippen molar-refractivity contribution in [1.29, 1.82) is 0 Å². The van der Waals surface area contributed by atoms with E-state index in [1.54, 1.807) is 25.1 Å². The van der Waals surface area contributed by atoms with Crippen LogP contribution in [0.15, 0.2) is 18.2 Å². The van der Waals surface area contributed by atoms with Crippen LogP contribution in [0.25, 0.3) is 0 Å². The number of nitrogens with one attached hydrogen (secondary N) is 1. The number of carbonyl (C=O) groups is 1. The quantitative estimate of drug-likeness (QED) is 0.742. The Hall–Kier alpha value is -2.19. The fourth-order valence-corrected chi connectivity index (χ4v) is 1.45. The Labute approximate surface area is 112 Å². The fraction of sp³-hybridized carbons (Fsp3) is 0.357. The molecule has 102 valence electrons. The van der Waals surface area contributed by atoms with Crippen molar-refractivity contribution in [2.75, 3.05) is 13.7 Å². The van der Waals surface area contributed by atoms with Gasteiger partial charge in [0.15, 0.2) is 6.10 Å². The molecule has 1 rings (SSSR count). The molecule has 0 aliphatic carbocycles. The molecule has 0 fully saturated rings. The maximum absolute atomic E-state index is 11.6. The summed E-state index contributed by atoms with van der Waals surface area (Å²) in [5, 5.41) is 11.8. The predicted octanol–water partition coefficient (Wildman–Crippen LogP) is 0.704. The van der Waals surface area contributed by atoms with Crippen molar-refractivity contribution >= 4 is 5.91 Å². The van der Waals surface area contributed by atoms with Gasteiger partial charge in [-0.25, -0.2) is 0 Å². The number of rotatable bonds is 6. The van der Waals surface area contributed by atoms with Crippen LogP contribution in [0.4, 0.5) is 0 Å². The largest absolute Gasteiger partial charge is 0.497 e. The summed E-state index contributed by atoms with van der Waals surface area (Å²) in [4.78, 5) is 11.6. The summed E-state index contributed by atoms with van der Waals surface area (Å²) in [6.45, 7) is 1.56. The predicted molar refractivity (Wildman–Crippen MR) is 70.8 cm³/mol. The summed E-state index contributed by atoms with van der Waals surface area (Å²) in [7, 11) is 1.53. The molecule has 19 heavy (non-hydrogen) atoms. The molecule has 0 aliphatic rings. The topological polar surface area (TPSA) is 67.8 Å². The summed E-state index contributed by atoms with van der Waals surface area (Å²) < 4.78 is 10.5. The highest BCUT2D eigenvalue weighted by atomic mass is 16.5. The van der Waals surface area contributed by atoms with Crippen LogP contribution in [-0.2, 0) is 11.4 Å². The minimum atomic E-state index is -0.702. The molecule has 0 heterocycles. The molecule has 0 radical (unpaired) electrons. The Morgan fingerprint density at radius 3 is 2.89 bits per heavy atom. The first kappa shape index (κ1) is 14.9. The first-order valence-corrected chi connectivity index (χ1v) is 5.78. The zero-order valence-corrected chi connectivity index (χ0v) is 11.0. The second-order valence-corrected chi connectivity index (χ2v) is 3.81. The summed E-state index contributed by atoms with van der Waals surface area (Å²) in [6.07, 6.45) is 4.35. The van der Waals surface area contributed by atoms with Crippen LogP contribution in [0.2, 0.25) is 0 Å². The van der Waals surface area contributed by atoms with E-state index in [0.717, 1.165) is 0 Å². The van der Waals surface area contributed by atoms with Crippen LogP contribution < -0.4 is 14.8 Å². The van der Waals surface area contributed by atoms with E-state index in [0.29, 0.717) is 17.1 Å². The summed E-state index contributed by atoms with van der Waals surface area (Å²) in [5.41, 5.74) is 0.552. The van der Waals surface area contributed by atoms with Crippen LogP contribution in [-0.4, -0.2) is 30.8 Å². The average molecular weight is 263 g/mol. The SMILES string of the molecule is C#CCNC(=O)C(C)Oc1ccc(OC)cc1CO. The lowest BCUT2D eigenvalue weighted by Gasteiger charge is -2.16. The smallest absolute Gasteiger partial charge is 0.261 e. The van der Waals surface area contributed by atoms with E-state index in [4.69, 9.17) is 15.9 Å². The van der Waals surface area contributed by atoms with E-state index in [2.05, 4.69) is 11.2 Å². The van der Waals surface area contributed by atoms with Gasteiger partial charge in [-0.1, -0.05) is 5.92 Å². The molecular formula is C14H17NO4. The molecule has 1 amide bonds. The molecule has 0 saturated heterocycles. The van der Waals surface area contributed by atoms with Crippen LogP contribution in [0.5, 0.6) is 11.5 Å². The van der Waals surface area contributed by atoms with Crippen molar-refractivity contribution in [3.05, 3.63) is 23.8 Å². The van der Waals surface area contributed by atoms with E-state index in [1.165, 1.54) is 7.11 Å². The Morgan fingerprint density at radius 1 is 1.58 bits per heavy atom. The minimum absolute atomic E-state index is 0.155. The standard InChI is InChI=1S/C14H17NO4/c1-4-7-15-14(17)10(2)19-13-6-5-12(18-3)8-11(13)9-16/h1,5-6,8,10,16H,7,9H2,2-3H3,(H,15,17). The van der Waals surface area contributed by atoms with Crippen LogP contribution in [0, 0.1) is 12.3 Å². The maximum Gasteiger partial charge on any atom is 0.261 e. The third kappa shape index (κ3) is 4.19. The lowest BCUT2D eigenvalue weighted by Crippen LogP contribution is -2.36. The molecule has 1 aromatic rings. The van der Waals surface area contributed by atoms with Gasteiger partial charge in [0, 0.05) is 5.56 Å². The van der Waals surface area contributed by atoms with Gasteiger partial charge in [0.05, 0.1) is 20.3 Å². The number of terminal acetylenes is 1. The maximum atomic E-state index is 11.6. The number of methoxy groups -OCH3 is 1. The Balaban J connectivity index is 2.76. The molecule has 2 N–H and O–H groups in total. The van der Waals surface area contributed by atoms with E-state index < -0.39 is 6.10 Å². The molecule has 5 nitrogen and oxygen atoms in total. The van der Waals surface area contributed by atoms with Gasteiger partial charge in [-0.15, -0.1) is 6.42 Å². The first-order chi connectivity index (χ1) is 9.12. The van der Waals surface area contributed by atoms with Crippen molar-refractivity contribution in [2.24, 2.45) is 0 Å². The van der Waals surface area contributed by atoms with Gasteiger partial charge < -0.3 is 19.9 Å². The molecule has 1 unspecified atom stereocenters. The van der Waals surface area contributed by atoms with Gasteiger partial charge in [-0.2, -0.15) is 0 Å². The van der Waals surface area contributed by atoms with Crippen molar-refractivity contribution in [1.82, 2.24) is 5.32 Å². The highest BCUT2D eigenvalue weighted by Crippen LogP contribution is 2.25. The zero-order valence-electron chi connectivity index (χ0n) is 11.0. The van der Waals surface area contributed by atoms with Crippen LogP contribution >= 0.6 is 0 Å². The second kappa shape index (κ2) is 7.29. The number of carbonyl (C=O) groups excluding carboxylic acids is 1. The number of aliphatic hydroxyl groups is 1. The van der Waals surface area contributed by atoms with Gasteiger partial charge >= 0.3 is 0 Å². The molecule has 1 aromatic carbocycles. The van der Waals surface area contributed by atoms with Crippen molar-refractivity contribution in [3.8, 4) is 23.8 Å². The molecule has 1 atom stereocenters. The molecule has 0 spiro atoms. The minimum Gasteiger partial charge on any atom is -0.497 e. The van der Waals surface area contributed by atoms with E-state index >= 15 is 0 Å². The molecule has 5 heteroatoms. The number of amides is 1. The number of aliphatic hydroxyl groups excluding tert-OH is 1. The number of hydrogen-bond acceptors (Lipinski definition) is 4. The molecular weight excluding hydrogens is 246 g/mol. The highest BCUT2D eigenvalue weighted by molar-refractivity contribution is 5.80. The Morgan fingerprint density at radius 2 is 2.32 bits per heavy atom. The summed E-state index contributed by atoms with van der Waals surface area (Å²) in [6, 6.07) is 5.00. The van der Waals surface area contributed by atoms with E-state index in [9.17, 15) is 9.90 Å².